The highest BCUT2D eigenvalue weighted by atomic mass is 35.6. The van der Waals surface area contributed by atoms with E-state index in [9.17, 15) is 28.8 Å². The van der Waals surface area contributed by atoms with Gasteiger partial charge in [0.05, 0.1) is 23.3 Å². The molecule has 0 spiro atoms. The third-order valence-electron chi connectivity index (χ3n) is 11.8. The number of hydrogen-bond acceptors (Lipinski definition) is 14. The molecule has 0 unspecified atom stereocenters. The maximum atomic E-state index is 14.1. The number of amides is 2. The van der Waals surface area contributed by atoms with Crippen molar-refractivity contribution in [2.24, 2.45) is 0 Å². The number of benzene rings is 6. The minimum Gasteiger partial charge on any atom is -0.459 e. The summed E-state index contributed by atoms with van der Waals surface area (Å²) in [5.74, 6) is -3.99. The van der Waals surface area contributed by atoms with Gasteiger partial charge >= 0.3 is 36.1 Å². The Hall–Kier alpha value is -7.47. The van der Waals surface area contributed by atoms with E-state index in [4.69, 9.17) is 72.7 Å². The van der Waals surface area contributed by atoms with Crippen molar-refractivity contribution in [1.82, 2.24) is 10.6 Å². The standard InChI is InChI=1S/C55H47Cl3N2O14/c56-55(57,58)33-71-54(66)60-45-47(74-50(63)37-23-11-4-12-24-37)46(73-49(62)36-21-9-3-10-22-36)44(32-68-48(61)35-19-7-2-8-20-35)72-52(45)69-31-43(51(64)67-29-34-17-5-1-6-18-34)59-53(65)70-30-42-40-27-15-13-25-38(40)39-26-14-16-28-41(39)42/h1-28,42-47,52H,29-33H2,(H,59,65)(H,60,66)/t43-,44+,45+,46+,47+,52+/m0/s1. The van der Waals surface area contributed by atoms with Crippen molar-refractivity contribution in [3.05, 3.63) is 203 Å². The average Bonchev–Trinajstić information content (AvgIpc) is 3.74. The van der Waals surface area contributed by atoms with E-state index < -0.39 is 96.4 Å². The molecule has 382 valence electrons. The van der Waals surface area contributed by atoms with Crippen LogP contribution >= 0.6 is 34.8 Å². The molecule has 1 aliphatic heterocycles. The van der Waals surface area contributed by atoms with Crippen molar-refractivity contribution in [1.29, 1.82) is 0 Å². The highest BCUT2D eigenvalue weighted by Crippen LogP contribution is 2.44. The van der Waals surface area contributed by atoms with E-state index in [2.05, 4.69) is 10.6 Å². The van der Waals surface area contributed by atoms with E-state index in [-0.39, 0.29) is 35.8 Å². The van der Waals surface area contributed by atoms with Gasteiger partial charge in [0.2, 0.25) is 3.79 Å². The monoisotopic (exact) mass is 1060 g/mol. The molecule has 1 heterocycles. The van der Waals surface area contributed by atoms with Gasteiger partial charge < -0.3 is 48.5 Å². The van der Waals surface area contributed by atoms with E-state index in [0.717, 1.165) is 22.3 Å². The zero-order chi connectivity index (χ0) is 52.0. The van der Waals surface area contributed by atoms with Gasteiger partial charge in [0.15, 0.2) is 24.5 Å². The van der Waals surface area contributed by atoms with Gasteiger partial charge in [0, 0.05) is 5.92 Å². The molecule has 0 saturated carbocycles. The van der Waals surface area contributed by atoms with Crippen LogP contribution in [-0.2, 0) is 49.3 Å². The summed E-state index contributed by atoms with van der Waals surface area (Å²) in [6.07, 6.45) is -9.08. The fraction of sp³-hybridized carbons (Fsp3) is 0.236. The predicted molar refractivity (Wildman–Crippen MR) is 269 cm³/mol. The van der Waals surface area contributed by atoms with Crippen LogP contribution in [0.3, 0.4) is 0 Å². The van der Waals surface area contributed by atoms with Crippen molar-refractivity contribution in [2.75, 3.05) is 26.4 Å². The number of esters is 4. The number of ether oxygens (including phenoxy) is 8. The first-order valence-electron chi connectivity index (χ1n) is 23.1. The lowest BCUT2D eigenvalue weighted by atomic mass is 9.96. The molecule has 1 saturated heterocycles. The lowest BCUT2D eigenvalue weighted by molar-refractivity contribution is -0.269. The second-order valence-electron chi connectivity index (χ2n) is 16.8. The Labute approximate surface area is 440 Å². The predicted octanol–water partition coefficient (Wildman–Crippen LogP) is 9.15. The van der Waals surface area contributed by atoms with Gasteiger partial charge in [-0.25, -0.2) is 28.8 Å². The lowest BCUT2D eigenvalue weighted by Gasteiger charge is -2.45. The number of hydrogen-bond donors (Lipinski definition) is 2. The summed E-state index contributed by atoms with van der Waals surface area (Å²) >= 11 is 17.8. The largest absolute Gasteiger partial charge is 0.459 e. The summed E-state index contributed by atoms with van der Waals surface area (Å²) in [5.41, 5.74) is 4.79. The molecule has 74 heavy (non-hydrogen) atoms. The second-order valence-corrected chi connectivity index (χ2v) is 19.3. The molecule has 1 fully saturated rings. The smallest absolute Gasteiger partial charge is 0.407 e. The molecule has 6 aromatic carbocycles. The van der Waals surface area contributed by atoms with Gasteiger partial charge in [-0.15, -0.1) is 0 Å². The van der Waals surface area contributed by atoms with Crippen LogP contribution in [0.1, 0.15) is 53.7 Å². The topological polar surface area (TPSA) is 200 Å². The molecule has 1 aliphatic carbocycles. The van der Waals surface area contributed by atoms with Crippen LogP contribution in [0, 0.1) is 0 Å². The maximum absolute atomic E-state index is 14.1. The fourth-order valence-corrected chi connectivity index (χ4v) is 8.42. The maximum Gasteiger partial charge on any atom is 0.407 e. The van der Waals surface area contributed by atoms with Crippen LogP contribution in [0.4, 0.5) is 9.59 Å². The van der Waals surface area contributed by atoms with Gasteiger partial charge in [0.25, 0.3) is 0 Å². The minimum absolute atomic E-state index is 0.0442. The van der Waals surface area contributed by atoms with Gasteiger partial charge in [-0.3, -0.25) is 0 Å². The van der Waals surface area contributed by atoms with Crippen molar-refractivity contribution < 1.29 is 66.7 Å². The van der Waals surface area contributed by atoms with Gasteiger partial charge in [-0.2, -0.15) is 0 Å². The van der Waals surface area contributed by atoms with Gasteiger partial charge in [0.1, 0.15) is 38.6 Å². The third-order valence-corrected chi connectivity index (χ3v) is 12.1. The Kier molecular flexibility index (Phi) is 17.8. The molecule has 2 aliphatic rings. The molecule has 6 aromatic rings. The third kappa shape index (κ3) is 14.0. The normalized spacial score (nSPS) is 18.3. The van der Waals surface area contributed by atoms with E-state index in [0.29, 0.717) is 5.56 Å². The fourth-order valence-electron chi connectivity index (χ4n) is 8.26. The zero-order valence-electron chi connectivity index (χ0n) is 39.1. The summed E-state index contributed by atoms with van der Waals surface area (Å²) in [6.45, 7) is -2.50. The van der Waals surface area contributed by atoms with Crippen LogP contribution in [0.15, 0.2) is 170 Å². The van der Waals surface area contributed by atoms with E-state index in [1.807, 2.05) is 48.5 Å². The Morgan fingerprint density at radius 1 is 0.541 bits per heavy atom. The summed E-state index contributed by atoms with van der Waals surface area (Å²) in [7, 11) is 0. The van der Waals surface area contributed by atoms with Crippen molar-refractivity contribution in [2.45, 2.75) is 53.0 Å². The van der Waals surface area contributed by atoms with Crippen LogP contribution < -0.4 is 10.6 Å². The number of halogens is 3. The summed E-state index contributed by atoms with van der Waals surface area (Å²) in [4.78, 5) is 83.0. The highest BCUT2D eigenvalue weighted by molar-refractivity contribution is 6.67. The number of alkyl halides is 3. The Balaban J connectivity index is 1.12. The molecule has 19 heteroatoms. The number of alkyl carbamates (subject to hydrolysis) is 2. The molecule has 0 aromatic heterocycles. The Morgan fingerprint density at radius 3 is 1.59 bits per heavy atom. The van der Waals surface area contributed by atoms with E-state index >= 15 is 0 Å². The Bertz CT molecular complexity index is 2850. The molecule has 16 nitrogen and oxygen atoms in total. The first kappa shape index (κ1) is 52.8. The molecule has 8 rings (SSSR count). The first-order chi connectivity index (χ1) is 35.8. The van der Waals surface area contributed by atoms with Crippen molar-refractivity contribution in [3.63, 3.8) is 0 Å². The van der Waals surface area contributed by atoms with Gasteiger partial charge in [-0.05, 0) is 64.2 Å². The minimum atomic E-state index is -2.07. The number of rotatable bonds is 18. The van der Waals surface area contributed by atoms with Crippen LogP contribution in [-0.4, -0.2) is 103 Å². The average molecular weight is 1070 g/mol. The van der Waals surface area contributed by atoms with E-state index in [1.54, 1.807) is 84.9 Å². The molecule has 0 bridgehead atoms. The molecular weight excluding hydrogens is 1020 g/mol. The molecule has 2 amide bonds. The quantitative estimate of drug-likeness (QED) is 0.0469. The first-order valence-corrected chi connectivity index (χ1v) is 24.3. The second kappa shape index (κ2) is 25.0. The number of carbonyl (C=O) groups excluding carboxylic acids is 6. The van der Waals surface area contributed by atoms with E-state index in [1.165, 1.54) is 36.4 Å². The zero-order valence-corrected chi connectivity index (χ0v) is 41.4. The SMILES string of the molecule is O=C(N[C@H]1[C@H](OC[C@H](NC(=O)OCC2c3ccccc3-c3ccccc32)C(=O)OCc2ccccc2)O[C@H](COC(=O)c2ccccc2)[C@@H](OC(=O)c2ccccc2)[C@@H]1OC(=O)c1ccccc1)OCC(Cl)(Cl)Cl. The summed E-state index contributed by atoms with van der Waals surface area (Å²) < 4.78 is 45.3. The van der Waals surface area contributed by atoms with Crippen molar-refractivity contribution >= 4 is 70.9 Å². The van der Waals surface area contributed by atoms with Crippen LogP contribution in [0.2, 0.25) is 0 Å². The summed E-state index contributed by atoms with van der Waals surface area (Å²) in [5, 5.41) is 5.07. The lowest BCUT2D eigenvalue weighted by Crippen LogP contribution is -2.67. The number of carbonyl (C=O) groups is 6. The molecule has 6 atom stereocenters. The Morgan fingerprint density at radius 2 is 1.04 bits per heavy atom. The van der Waals surface area contributed by atoms with Gasteiger partial charge in [-0.1, -0.05) is 168 Å². The summed E-state index contributed by atoms with van der Waals surface area (Å²) in [6, 6.07) is 44.4. The number of fused-ring (bicyclic) bond motifs is 3. The molecule has 2 N–H and O–H groups in total. The van der Waals surface area contributed by atoms with Crippen molar-refractivity contribution in [3.8, 4) is 11.1 Å². The van der Waals surface area contributed by atoms with Crippen LogP contribution in [0.25, 0.3) is 11.1 Å². The highest BCUT2D eigenvalue weighted by Gasteiger charge is 2.53. The molecule has 0 radical (unpaired) electrons. The molecular formula is C55H47Cl3N2O14. The van der Waals surface area contributed by atoms with Crippen LogP contribution in [0.5, 0.6) is 0 Å². The number of nitrogens with one attached hydrogen (secondary N) is 2.